The lowest BCUT2D eigenvalue weighted by Gasteiger charge is -2.25. The third kappa shape index (κ3) is 4.15. The van der Waals surface area contributed by atoms with Crippen molar-refractivity contribution < 1.29 is 27.4 Å². The molecule has 2 aromatic heterocycles. The first-order valence-corrected chi connectivity index (χ1v) is 11.5. The number of fused-ring (bicyclic) bond motifs is 1. The Kier molecular flexibility index (Phi) is 6.07. The normalized spacial score (nSPS) is 16.2. The number of hydrogen-bond donors (Lipinski definition) is 1. The van der Waals surface area contributed by atoms with Crippen molar-refractivity contribution in [2.75, 3.05) is 25.2 Å². The Bertz CT molecular complexity index is 1420. The van der Waals surface area contributed by atoms with Crippen LogP contribution in [0.5, 0.6) is 5.75 Å². The van der Waals surface area contributed by atoms with Crippen LogP contribution in [0.2, 0.25) is 0 Å². The number of anilines is 1. The highest BCUT2D eigenvalue weighted by Gasteiger charge is 2.35. The van der Waals surface area contributed by atoms with Crippen LogP contribution in [-0.4, -0.2) is 46.0 Å². The van der Waals surface area contributed by atoms with Gasteiger partial charge in [0.25, 0.3) is 0 Å². The lowest BCUT2D eigenvalue weighted by molar-refractivity contribution is -0.139. The number of ether oxygens (including phenoxy) is 1. The molecular weight excluding hydrogens is 476 g/mol. The number of alkyl halides is 3. The Labute approximate surface area is 204 Å². The average Bonchev–Trinajstić information content (AvgIpc) is 3.46. The van der Waals surface area contributed by atoms with Crippen molar-refractivity contribution in [1.29, 1.82) is 0 Å². The zero-order chi connectivity index (χ0) is 25.6. The number of nitrogens with zero attached hydrogens (tertiary/aromatic N) is 4. The summed E-state index contributed by atoms with van der Waals surface area (Å²) < 4.78 is 61.3. The van der Waals surface area contributed by atoms with E-state index in [0.717, 1.165) is 36.1 Å². The van der Waals surface area contributed by atoms with E-state index < -0.39 is 17.6 Å². The first-order chi connectivity index (χ1) is 17.2. The van der Waals surface area contributed by atoms with Crippen LogP contribution in [0.1, 0.15) is 24.1 Å². The van der Waals surface area contributed by atoms with E-state index >= 15 is 0 Å². The number of halogens is 4. The maximum Gasteiger partial charge on any atom is 0.419 e. The van der Waals surface area contributed by atoms with E-state index in [1.807, 2.05) is 17.0 Å². The molecule has 2 aromatic carbocycles. The molecule has 0 amide bonds. The van der Waals surface area contributed by atoms with Crippen LogP contribution >= 0.6 is 0 Å². The molecule has 0 bridgehead atoms. The number of benzene rings is 2. The van der Waals surface area contributed by atoms with Crippen LogP contribution < -0.4 is 9.64 Å². The van der Waals surface area contributed by atoms with Crippen LogP contribution in [0.25, 0.3) is 28.0 Å². The smallest absolute Gasteiger partial charge is 0.419 e. The zero-order valence-corrected chi connectivity index (χ0v) is 19.7. The van der Waals surface area contributed by atoms with Gasteiger partial charge in [0.1, 0.15) is 17.4 Å². The lowest BCUT2D eigenvalue weighted by Crippen LogP contribution is -2.32. The van der Waals surface area contributed by atoms with Gasteiger partial charge >= 0.3 is 6.18 Å². The molecule has 0 saturated carbocycles. The van der Waals surface area contributed by atoms with E-state index in [1.54, 1.807) is 32.2 Å². The van der Waals surface area contributed by atoms with Gasteiger partial charge in [-0.2, -0.15) is 18.3 Å². The van der Waals surface area contributed by atoms with Crippen molar-refractivity contribution in [2.24, 2.45) is 0 Å². The third-order valence-electron chi connectivity index (χ3n) is 6.58. The van der Waals surface area contributed by atoms with Gasteiger partial charge in [-0.1, -0.05) is 12.1 Å². The van der Waals surface area contributed by atoms with Crippen molar-refractivity contribution in [3.63, 3.8) is 0 Å². The van der Waals surface area contributed by atoms with Crippen LogP contribution in [0, 0.1) is 12.7 Å². The van der Waals surface area contributed by atoms with Crippen molar-refractivity contribution in [3.8, 4) is 28.1 Å². The molecule has 0 spiro atoms. The largest absolute Gasteiger partial charge is 0.497 e. The van der Waals surface area contributed by atoms with E-state index in [0.29, 0.717) is 35.1 Å². The molecule has 6 nitrogen and oxygen atoms in total. The molecule has 1 saturated heterocycles. The fourth-order valence-corrected chi connectivity index (χ4v) is 4.79. The van der Waals surface area contributed by atoms with Crippen molar-refractivity contribution >= 4 is 11.5 Å². The molecule has 10 heteroatoms. The minimum Gasteiger partial charge on any atom is -0.497 e. The van der Waals surface area contributed by atoms with Crippen LogP contribution in [-0.2, 0) is 6.18 Å². The number of hydrogen-bond acceptors (Lipinski definition) is 5. The maximum atomic E-state index is 14.1. The van der Waals surface area contributed by atoms with E-state index in [2.05, 4.69) is 5.10 Å². The fraction of sp³-hybridized carbons (Fsp3) is 0.308. The molecular formula is C26H24F4N4O2. The molecule has 1 atom stereocenters. The topological polar surface area (TPSA) is 62.9 Å². The maximum absolute atomic E-state index is 14.1. The highest BCUT2D eigenvalue weighted by Crippen LogP contribution is 2.38. The molecule has 0 radical (unpaired) electrons. The molecule has 3 heterocycles. The highest BCUT2D eigenvalue weighted by atomic mass is 19.4. The minimum absolute atomic E-state index is 0.0689. The van der Waals surface area contributed by atoms with Gasteiger partial charge in [-0.25, -0.2) is 13.9 Å². The Morgan fingerprint density at radius 2 is 1.81 bits per heavy atom. The van der Waals surface area contributed by atoms with Crippen LogP contribution in [0.4, 0.5) is 23.4 Å². The Morgan fingerprint density at radius 3 is 2.47 bits per heavy atom. The summed E-state index contributed by atoms with van der Waals surface area (Å²) in [5.41, 5.74) is 1.76. The number of rotatable bonds is 5. The van der Waals surface area contributed by atoms with Gasteiger partial charge in [-0.05, 0) is 55.7 Å². The summed E-state index contributed by atoms with van der Waals surface area (Å²) in [7, 11) is 1.57. The van der Waals surface area contributed by atoms with Gasteiger partial charge in [0.2, 0.25) is 0 Å². The quantitative estimate of drug-likeness (QED) is 0.367. The molecule has 1 aliphatic heterocycles. The van der Waals surface area contributed by atoms with E-state index in [9.17, 15) is 22.7 Å². The van der Waals surface area contributed by atoms with Crippen molar-refractivity contribution in [3.05, 3.63) is 65.6 Å². The molecule has 188 valence electrons. The van der Waals surface area contributed by atoms with E-state index in [4.69, 9.17) is 9.72 Å². The summed E-state index contributed by atoms with van der Waals surface area (Å²) >= 11 is 0. The van der Waals surface area contributed by atoms with Crippen LogP contribution in [0.3, 0.4) is 0 Å². The van der Waals surface area contributed by atoms with Gasteiger partial charge in [0.05, 0.1) is 36.7 Å². The predicted octanol–water partition coefficient (Wildman–Crippen LogP) is 5.50. The first kappa shape index (κ1) is 24.1. The molecule has 0 aliphatic carbocycles. The van der Waals surface area contributed by atoms with Gasteiger partial charge in [0.15, 0.2) is 5.65 Å². The summed E-state index contributed by atoms with van der Waals surface area (Å²) in [6.45, 7) is 2.38. The second-order valence-electron chi connectivity index (χ2n) is 8.79. The molecule has 1 aliphatic rings. The summed E-state index contributed by atoms with van der Waals surface area (Å²) in [5, 5.41) is 14.5. The molecule has 5 rings (SSSR count). The van der Waals surface area contributed by atoms with Crippen LogP contribution in [0.15, 0.2) is 48.5 Å². The molecule has 0 unspecified atom stereocenters. The third-order valence-corrected chi connectivity index (χ3v) is 6.58. The Morgan fingerprint density at radius 1 is 1.08 bits per heavy atom. The summed E-state index contributed by atoms with van der Waals surface area (Å²) in [6, 6.07) is 11.8. The van der Waals surface area contributed by atoms with Gasteiger partial charge < -0.3 is 14.7 Å². The minimum atomic E-state index is -4.85. The first-order valence-electron chi connectivity index (χ1n) is 11.5. The van der Waals surface area contributed by atoms with Gasteiger partial charge in [-0.15, -0.1) is 0 Å². The number of methoxy groups -OCH3 is 1. The number of aliphatic hydroxyl groups excluding tert-OH is 1. The molecule has 1 fully saturated rings. The second kappa shape index (κ2) is 9.09. The SMILES string of the molecule is COc1ccc(-c2c(C)nn3c(-c4ccc(F)c(C(F)(F)F)c4)cc(N4CCC[C@H]4CO)nc23)cc1. The van der Waals surface area contributed by atoms with Gasteiger partial charge in [-0.3, -0.25) is 0 Å². The number of aliphatic hydroxyl groups is 1. The average molecular weight is 500 g/mol. The zero-order valence-electron chi connectivity index (χ0n) is 19.7. The summed E-state index contributed by atoms with van der Waals surface area (Å²) in [4.78, 5) is 6.81. The van der Waals surface area contributed by atoms with Crippen molar-refractivity contribution in [2.45, 2.75) is 32.0 Å². The number of aromatic nitrogens is 3. The Hall–Kier alpha value is -3.66. The lowest BCUT2D eigenvalue weighted by atomic mass is 10.0. The van der Waals surface area contributed by atoms with Gasteiger partial charge in [0, 0.05) is 23.7 Å². The summed E-state index contributed by atoms with van der Waals surface area (Å²) in [5.74, 6) is -0.148. The fourth-order valence-electron chi connectivity index (χ4n) is 4.79. The standard InChI is InChI=1S/C26H24F4N4O2/c1-15-24(16-5-8-19(36-2)9-6-16)25-31-23(33-11-3-4-18(33)14-35)13-22(34(25)32-15)17-7-10-21(27)20(12-17)26(28,29)30/h5-10,12-13,18,35H,3-4,11,14H2,1-2H3/t18-/m0/s1. The summed E-state index contributed by atoms with van der Waals surface area (Å²) in [6.07, 6.45) is -3.22. The molecule has 4 aromatic rings. The molecule has 36 heavy (non-hydrogen) atoms. The number of aryl methyl sites for hydroxylation is 1. The Balaban J connectivity index is 1.77. The molecule has 1 N–H and O–H groups in total. The van der Waals surface area contributed by atoms with E-state index in [1.165, 1.54) is 10.6 Å². The predicted molar refractivity (Wildman–Crippen MR) is 128 cm³/mol. The highest BCUT2D eigenvalue weighted by molar-refractivity contribution is 5.83. The van der Waals surface area contributed by atoms with E-state index in [-0.39, 0.29) is 18.2 Å². The monoisotopic (exact) mass is 500 g/mol. The van der Waals surface area contributed by atoms with Crippen molar-refractivity contribution in [1.82, 2.24) is 14.6 Å². The second-order valence-corrected chi connectivity index (χ2v) is 8.79.